The number of hydrazone groups is 1. The Labute approximate surface area is 184 Å². The number of carbonyl (C=O) groups is 3. The molecule has 162 valence electrons. The Kier molecular flexibility index (Phi) is 6.12. The van der Waals surface area contributed by atoms with Crippen LogP contribution in [0.3, 0.4) is 0 Å². The van der Waals surface area contributed by atoms with Gasteiger partial charge in [0.1, 0.15) is 18.1 Å². The molecule has 4 rings (SSSR count). The van der Waals surface area contributed by atoms with Crippen LogP contribution in [0.15, 0.2) is 76.2 Å². The van der Waals surface area contributed by atoms with Gasteiger partial charge in [0, 0.05) is 24.4 Å². The second kappa shape index (κ2) is 9.30. The van der Waals surface area contributed by atoms with Crippen molar-refractivity contribution in [3.05, 3.63) is 83.6 Å². The van der Waals surface area contributed by atoms with Crippen molar-refractivity contribution in [1.82, 2.24) is 10.3 Å². The first-order valence-electron chi connectivity index (χ1n) is 10.1. The van der Waals surface area contributed by atoms with Crippen molar-refractivity contribution >= 4 is 24.0 Å². The third-order valence-corrected chi connectivity index (χ3v) is 5.25. The molecule has 0 aliphatic carbocycles. The number of carboxylic acids is 1. The van der Waals surface area contributed by atoms with Crippen LogP contribution in [-0.2, 0) is 9.59 Å². The summed E-state index contributed by atoms with van der Waals surface area (Å²) in [5, 5.41) is 13.2. The lowest BCUT2D eigenvalue weighted by Crippen LogP contribution is -2.36. The van der Waals surface area contributed by atoms with E-state index in [1.165, 1.54) is 17.2 Å². The number of hydrogen-bond donors (Lipinski definition) is 2. The van der Waals surface area contributed by atoms with Gasteiger partial charge >= 0.3 is 5.97 Å². The first-order chi connectivity index (χ1) is 15.5. The number of furan rings is 1. The van der Waals surface area contributed by atoms with E-state index in [0.717, 1.165) is 5.56 Å². The van der Waals surface area contributed by atoms with E-state index in [1.54, 1.807) is 30.3 Å². The van der Waals surface area contributed by atoms with Crippen LogP contribution in [0, 0.1) is 0 Å². The summed E-state index contributed by atoms with van der Waals surface area (Å²) in [6.45, 7) is 0.416. The van der Waals surface area contributed by atoms with Crippen molar-refractivity contribution in [3.8, 4) is 11.3 Å². The molecule has 1 aliphatic rings. The molecule has 2 amide bonds. The minimum Gasteiger partial charge on any atom is -0.478 e. The molecule has 1 aliphatic heterocycles. The van der Waals surface area contributed by atoms with E-state index < -0.39 is 11.9 Å². The molecule has 2 heterocycles. The van der Waals surface area contributed by atoms with Crippen molar-refractivity contribution in [2.24, 2.45) is 5.10 Å². The zero-order valence-electron chi connectivity index (χ0n) is 17.1. The molecule has 1 fully saturated rings. The Hall–Kier alpha value is -4.20. The van der Waals surface area contributed by atoms with E-state index in [2.05, 4.69) is 10.5 Å². The van der Waals surface area contributed by atoms with E-state index in [9.17, 15) is 19.5 Å². The van der Waals surface area contributed by atoms with E-state index in [1.807, 2.05) is 30.3 Å². The molecule has 8 heteroatoms. The van der Waals surface area contributed by atoms with Crippen LogP contribution in [0.5, 0.6) is 0 Å². The van der Waals surface area contributed by atoms with Crippen LogP contribution in [-0.4, -0.2) is 47.1 Å². The van der Waals surface area contributed by atoms with Gasteiger partial charge in [0.2, 0.25) is 5.91 Å². The van der Waals surface area contributed by atoms with Crippen LogP contribution in [0.2, 0.25) is 0 Å². The largest absolute Gasteiger partial charge is 0.478 e. The van der Waals surface area contributed by atoms with Gasteiger partial charge in [0.15, 0.2) is 0 Å². The Bertz CT molecular complexity index is 1170. The minimum absolute atomic E-state index is 0.0641. The predicted molar refractivity (Wildman–Crippen MR) is 117 cm³/mol. The van der Waals surface area contributed by atoms with Crippen molar-refractivity contribution in [1.29, 1.82) is 0 Å². The third kappa shape index (κ3) is 4.75. The van der Waals surface area contributed by atoms with E-state index in [-0.39, 0.29) is 23.9 Å². The molecular weight excluding hydrogens is 410 g/mol. The average Bonchev–Trinajstić information content (AvgIpc) is 3.41. The zero-order valence-corrected chi connectivity index (χ0v) is 17.1. The second-order valence-electron chi connectivity index (χ2n) is 7.43. The molecule has 1 atom stereocenters. The Morgan fingerprint density at radius 1 is 1.09 bits per heavy atom. The quantitative estimate of drug-likeness (QED) is 0.441. The van der Waals surface area contributed by atoms with Gasteiger partial charge in [0.25, 0.3) is 5.91 Å². The van der Waals surface area contributed by atoms with Crippen molar-refractivity contribution < 1.29 is 23.9 Å². The zero-order chi connectivity index (χ0) is 22.5. The van der Waals surface area contributed by atoms with Crippen molar-refractivity contribution in [3.63, 3.8) is 0 Å². The molecule has 8 nitrogen and oxygen atoms in total. The highest BCUT2D eigenvalue weighted by Gasteiger charge is 2.31. The molecule has 1 aromatic heterocycles. The lowest BCUT2D eigenvalue weighted by Gasteiger charge is -2.15. The van der Waals surface area contributed by atoms with Crippen LogP contribution >= 0.6 is 0 Å². The highest BCUT2D eigenvalue weighted by Crippen LogP contribution is 2.28. The van der Waals surface area contributed by atoms with Gasteiger partial charge in [-0.05, 0) is 23.8 Å². The number of amides is 2. The van der Waals surface area contributed by atoms with Crippen LogP contribution < -0.4 is 5.43 Å². The first-order valence-corrected chi connectivity index (χ1v) is 10.1. The number of carboxylic acid groups (broad SMARTS) is 1. The van der Waals surface area contributed by atoms with Gasteiger partial charge < -0.3 is 14.4 Å². The van der Waals surface area contributed by atoms with Gasteiger partial charge in [-0.15, -0.1) is 0 Å². The molecule has 2 aromatic carbocycles. The molecule has 1 unspecified atom stereocenters. The van der Waals surface area contributed by atoms with Gasteiger partial charge in [-0.25, -0.2) is 10.2 Å². The lowest BCUT2D eigenvalue weighted by atomic mass is 9.99. The number of aromatic carboxylic acids is 1. The topological polar surface area (TPSA) is 112 Å². The van der Waals surface area contributed by atoms with Crippen molar-refractivity contribution in [2.45, 2.75) is 12.3 Å². The highest BCUT2D eigenvalue weighted by molar-refractivity contribution is 5.95. The summed E-state index contributed by atoms with van der Waals surface area (Å²) >= 11 is 0. The summed E-state index contributed by atoms with van der Waals surface area (Å²) in [6, 6.07) is 19.5. The van der Waals surface area contributed by atoms with Gasteiger partial charge in [-0.2, -0.15) is 5.10 Å². The summed E-state index contributed by atoms with van der Waals surface area (Å²) in [5.41, 5.74) is 4.05. The summed E-state index contributed by atoms with van der Waals surface area (Å²) in [7, 11) is 0. The number of nitrogens with one attached hydrogen (secondary N) is 1. The van der Waals surface area contributed by atoms with E-state index in [0.29, 0.717) is 30.0 Å². The van der Waals surface area contributed by atoms with Crippen LogP contribution in [0.4, 0.5) is 0 Å². The molecule has 2 N–H and O–H groups in total. The van der Waals surface area contributed by atoms with Gasteiger partial charge in [-0.1, -0.05) is 48.5 Å². The number of rotatable bonds is 7. The molecule has 0 radical (unpaired) electrons. The monoisotopic (exact) mass is 431 g/mol. The van der Waals surface area contributed by atoms with E-state index >= 15 is 0 Å². The maximum absolute atomic E-state index is 12.3. The van der Waals surface area contributed by atoms with Gasteiger partial charge in [-0.3, -0.25) is 9.59 Å². The molecule has 3 aromatic rings. The summed E-state index contributed by atoms with van der Waals surface area (Å²) in [4.78, 5) is 37.4. The van der Waals surface area contributed by atoms with Crippen LogP contribution in [0.1, 0.15) is 34.0 Å². The summed E-state index contributed by atoms with van der Waals surface area (Å²) in [6.07, 6.45) is 1.71. The normalized spacial score (nSPS) is 15.9. The Balaban J connectivity index is 1.33. The van der Waals surface area contributed by atoms with Crippen LogP contribution in [0.25, 0.3) is 11.3 Å². The fourth-order valence-electron chi connectivity index (χ4n) is 3.70. The minimum atomic E-state index is -1.05. The highest BCUT2D eigenvalue weighted by atomic mass is 16.4. The number of hydrogen-bond acceptors (Lipinski definition) is 5. The maximum atomic E-state index is 12.3. The van der Waals surface area contributed by atoms with Crippen molar-refractivity contribution in [2.75, 3.05) is 13.1 Å². The molecule has 0 bridgehead atoms. The lowest BCUT2D eigenvalue weighted by molar-refractivity contribution is -0.133. The number of nitrogens with zero attached hydrogens (tertiary/aromatic N) is 2. The molecule has 0 saturated carbocycles. The smallest absolute Gasteiger partial charge is 0.336 e. The fourth-order valence-corrected chi connectivity index (χ4v) is 3.70. The number of likely N-dealkylation sites (tertiary alicyclic amines) is 1. The molecule has 32 heavy (non-hydrogen) atoms. The fraction of sp³-hybridized carbons (Fsp3) is 0.167. The Morgan fingerprint density at radius 2 is 1.84 bits per heavy atom. The first kappa shape index (κ1) is 21.0. The maximum Gasteiger partial charge on any atom is 0.336 e. The Morgan fingerprint density at radius 3 is 2.62 bits per heavy atom. The molecule has 0 spiro atoms. The SMILES string of the molecule is O=C(CN1CC(c2ccccc2)CC1=O)NN=Cc1ccc(-c2ccccc2C(=O)O)o1. The average molecular weight is 431 g/mol. The summed E-state index contributed by atoms with van der Waals surface area (Å²) in [5.74, 6) is -0.718. The van der Waals surface area contributed by atoms with E-state index in [4.69, 9.17) is 4.42 Å². The standard InChI is InChI=1S/C24H21N3O5/c28-22(15-27-14-17(12-23(27)29)16-6-2-1-3-7-16)26-25-13-18-10-11-21(32-18)19-8-4-5-9-20(19)24(30)31/h1-11,13,17H,12,14-15H2,(H,26,28)(H,30,31). The molecule has 1 saturated heterocycles. The predicted octanol–water partition coefficient (Wildman–Crippen LogP) is 3.11. The van der Waals surface area contributed by atoms with Gasteiger partial charge in [0.05, 0.1) is 11.8 Å². The summed E-state index contributed by atoms with van der Waals surface area (Å²) < 4.78 is 5.63. The third-order valence-electron chi connectivity index (χ3n) is 5.25. The number of benzene rings is 2. The second-order valence-corrected chi connectivity index (χ2v) is 7.43. The molecular formula is C24H21N3O5. The number of carbonyl (C=O) groups excluding carboxylic acids is 2.